The van der Waals surface area contributed by atoms with Gasteiger partial charge in [-0.15, -0.1) is 0 Å². The lowest BCUT2D eigenvalue weighted by Crippen LogP contribution is -2.51. The van der Waals surface area contributed by atoms with Gasteiger partial charge in [0.05, 0.1) is 0 Å². The van der Waals surface area contributed by atoms with Gasteiger partial charge in [-0.3, -0.25) is 9.59 Å². The van der Waals surface area contributed by atoms with E-state index in [1.54, 1.807) is 0 Å². The quantitative estimate of drug-likeness (QED) is 0.0843. The number of benzene rings is 4. The van der Waals surface area contributed by atoms with E-state index < -0.39 is 23.1 Å². The number of unbranched alkanes of at least 4 members (excludes halogenated alkanes) is 8. The first-order valence-electron chi connectivity index (χ1n) is 17.3. The standard InChI is InChI=1S/C26H22O2.2C8H16O2/c27-25(21-13-5-1-6-14-21,22-15-7-2-8-16-22)26(28,23-17-9-3-10-18-23)24-19-11-4-12-20-24;2*1-2-3-4-5-6-7-8(9)10/h1-20,27-28H;2*2-7H2,1H3,(H,9,10). The lowest BCUT2D eigenvalue weighted by molar-refractivity contribution is -0.138. The van der Waals surface area contributed by atoms with Crippen LogP contribution in [0.3, 0.4) is 0 Å². The Bertz CT molecular complexity index is 1220. The van der Waals surface area contributed by atoms with E-state index in [9.17, 15) is 19.8 Å². The van der Waals surface area contributed by atoms with Gasteiger partial charge in [0.15, 0.2) is 11.2 Å². The summed E-state index contributed by atoms with van der Waals surface area (Å²) in [7, 11) is 0. The van der Waals surface area contributed by atoms with Crippen molar-refractivity contribution in [1.82, 2.24) is 0 Å². The molecule has 0 radical (unpaired) electrons. The highest BCUT2D eigenvalue weighted by molar-refractivity contribution is 5.66. The number of hydrogen-bond donors (Lipinski definition) is 4. The molecule has 6 nitrogen and oxygen atoms in total. The highest BCUT2D eigenvalue weighted by Crippen LogP contribution is 2.49. The number of aliphatic hydroxyl groups is 2. The monoisotopic (exact) mass is 654 g/mol. The van der Waals surface area contributed by atoms with Crippen molar-refractivity contribution in [2.24, 2.45) is 0 Å². The van der Waals surface area contributed by atoms with Gasteiger partial charge in [0, 0.05) is 12.8 Å². The van der Waals surface area contributed by atoms with E-state index >= 15 is 0 Å². The predicted octanol–water partition coefficient (Wildman–Crippen LogP) is 9.72. The topological polar surface area (TPSA) is 115 Å². The molecule has 0 atom stereocenters. The van der Waals surface area contributed by atoms with E-state index in [2.05, 4.69) is 13.8 Å². The molecule has 0 fully saturated rings. The summed E-state index contributed by atoms with van der Waals surface area (Å²) in [6.45, 7) is 4.30. The number of hydrogen-bond acceptors (Lipinski definition) is 4. The molecule has 4 aromatic carbocycles. The SMILES string of the molecule is CCCCCCCC(=O)O.CCCCCCCC(=O)O.OC(c1ccccc1)(c1ccccc1)C(O)(c1ccccc1)c1ccccc1. The summed E-state index contributed by atoms with van der Waals surface area (Å²) < 4.78 is 0. The summed E-state index contributed by atoms with van der Waals surface area (Å²) in [5.41, 5.74) is -0.906. The van der Waals surface area contributed by atoms with Gasteiger partial charge in [0.1, 0.15) is 0 Å². The maximum absolute atomic E-state index is 12.3. The van der Waals surface area contributed by atoms with Gasteiger partial charge >= 0.3 is 11.9 Å². The third kappa shape index (κ3) is 12.4. The van der Waals surface area contributed by atoms with Crippen LogP contribution in [-0.4, -0.2) is 32.4 Å². The molecule has 0 bridgehead atoms. The Balaban J connectivity index is 0.000000331. The smallest absolute Gasteiger partial charge is 0.303 e. The molecule has 6 heteroatoms. The summed E-state index contributed by atoms with van der Waals surface area (Å²) >= 11 is 0. The zero-order valence-electron chi connectivity index (χ0n) is 28.6. The zero-order valence-corrected chi connectivity index (χ0v) is 28.6. The number of carboxylic acids is 2. The molecular formula is C42H54O6. The predicted molar refractivity (Wildman–Crippen MR) is 194 cm³/mol. The Hall–Kier alpha value is -4.26. The van der Waals surface area contributed by atoms with Crippen LogP contribution < -0.4 is 0 Å². The fraction of sp³-hybridized carbons (Fsp3) is 0.381. The highest BCUT2D eigenvalue weighted by atomic mass is 16.4. The van der Waals surface area contributed by atoms with Crippen LogP contribution in [0.4, 0.5) is 0 Å². The first-order valence-corrected chi connectivity index (χ1v) is 17.3. The second kappa shape index (κ2) is 22.3. The lowest BCUT2D eigenvalue weighted by atomic mass is 9.66. The van der Waals surface area contributed by atoms with Crippen molar-refractivity contribution in [3.8, 4) is 0 Å². The first-order chi connectivity index (χ1) is 23.2. The summed E-state index contributed by atoms with van der Waals surface area (Å²) in [6.07, 6.45) is 11.8. The molecule has 0 amide bonds. The van der Waals surface area contributed by atoms with Gasteiger partial charge < -0.3 is 20.4 Å². The van der Waals surface area contributed by atoms with Crippen molar-refractivity contribution in [3.63, 3.8) is 0 Å². The van der Waals surface area contributed by atoms with Gasteiger partial charge in [-0.25, -0.2) is 0 Å². The summed E-state index contributed by atoms with van der Waals surface area (Å²) in [5.74, 6) is -1.34. The molecule has 0 saturated carbocycles. The minimum Gasteiger partial charge on any atom is -0.481 e. The van der Waals surface area contributed by atoms with E-state index in [0.29, 0.717) is 35.1 Å². The van der Waals surface area contributed by atoms with Crippen LogP contribution in [0.2, 0.25) is 0 Å². The Morgan fingerprint density at radius 2 is 0.646 bits per heavy atom. The molecule has 4 N–H and O–H groups in total. The maximum Gasteiger partial charge on any atom is 0.303 e. The molecule has 48 heavy (non-hydrogen) atoms. The molecule has 0 heterocycles. The summed E-state index contributed by atoms with van der Waals surface area (Å²) in [5, 5.41) is 41.2. The number of rotatable bonds is 17. The summed E-state index contributed by atoms with van der Waals surface area (Å²) in [4.78, 5) is 20.1. The number of carbonyl (C=O) groups is 2. The van der Waals surface area contributed by atoms with Crippen LogP contribution in [0.1, 0.15) is 113 Å². The average molecular weight is 655 g/mol. The summed E-state index contributed by atoms with van der Waals surface area (Å²) in [6, 6.07) is 37.4. The molecule has 0 aromatic heterocycles. The van der Waals surface area contributed by atoms with E-state index in [0.717, 1.165) is 25.7 Å². The highest BCUT2D eigenvalue weighted by Gasteiger charge is 2.54. The van der Waals surface area contributed by atoms with Crippen LogP contribution in [0, 0.1) is 0 Å². The van der Waals surface area contributed by atoms with Crippen molar-refractivity contribution >= 4 is 11.9 Å². The average Bonchev–Trinajstić information content (AvgIpc) is 3.12. The Labute approximate surface area is 287 Å². The molecule has 4 aromatic rings. The van der Waals surface area contributed by atoms with Crippen LogP contribution in [-0.2, 0) is 20.8 Å². The van der Waals surface area contributed by atoms with E-state index in [4.69, 9.17) is 10.2 Å². The molecule has 0 aliphatic carbocycles. The lowest BCUT2D eigenvalue weighted by Gasteiger charge is -2.45. The second-order valence-electron chi connectivity index (χ2n) is 12.0. The third-order valence-corrected chi connectivity index (χ3v) is 8.28. The second-order valence-corrected chi connectivity index (χ2v) is 12.0. The van der Waals surface area contributed by atoms with Crippen molar-refractivity contribution in [1.29, 1.82) is 0 Å². The molecule has 0 saturated heterocycles. The normalized spacial score (nSPS) is 11.0. The molecular weight excluding hydrogens is 600 g/mol. The minimum atomic E-state index is -1.70. The van der Waals surface area contributed by atoms with Crippen molar-refractivity contribution < 1.29 is 30.0 Å². The van der Waals surface area contributed by atoms with Gasteiger partial charge in [0.25, 0.3) is 0 Å². The molecule has 258 valence electrons. The van der Waals surface area contributed by atoms with Crippen LogP contribution in [0.5, 0.6) is 0 Å². The molecule has 0 unspecified atom stereocenters. The fourth-order valence-corrected chi connectivity index (χ4v) is 5.65. The molecule has 4 rings (SSSR count). The van der Waals surface area contributed by atoms with Crippen molar-refractivity contribution in [3.05, 3.63) is 144 Å². The van der Waals surface area contributed by atoms with Gasteiger partial charge in [-0.1, -0.05) is 187 Å². The number of aliphatic carboxylic acids is 2. The molecule has 0 spiro atoms. The first kappa shape index (κ1) is 39.9. The third-order valence-electron chi connectivity index (χ3n) is 8.28. The van der Waals surface area contributed by atoms with Crippen molar-refractivity contribution in [2.45, 2.75) is 102 Å². The van der Waals surface area contributed by atoms with Crippen molar-refractivity contribution in [2.75, 3.05) is 0 Å². The van der Waals surface area contributed by atoms with E-state index in [1.165, 1.54) is 38.5 Å². The molecule has 0 aliphatic heterocycles. The van der Waals surface area contributed by atoms with Gasteiger partial charge in [-0.2, -0.15) is 0 Å². The largest absolute Gasteiger partial charge is 0.481 e. The Morgan fingerprint density at radius 3 is 0.854 bits per heavy atom. The zero-order chi connectivity index (χ0) is 35.1. The maximum atomic E-state index is 12.3. The van der Waals surface area contributed by atoms with E-state index in [-0.39, 0.29) is 0 Å². The van der Waals surface area contributed by atoms with Gasteiger partial charge in [0.2, 0.25) is 0 Å². The minimum absolute atomic E-state index is 0.337. The van der Waals surface area contributed by atoms with Crippen LogP contribution in [0.15, 0.2) is 121 Å². The van der Waals surface area contributed by atoms with Crippen LogP contribution in [0.25, 0.3) is 0 Å². The molecule has 0 aliphatic rings. The Morgan fingerprint density at radius 1 is 0.417 bits per heavy atom. The van der Waals surface area contributed by atoms with Gasteiger partial charge in [-0.05, 0) is 35.1 Å². The Kier molecular flexibility index (Phi) is 18.6. The number of carboxylic acid groups (broad SMARTS) is 2. The fourth-order valence-electron chi connectivity index (χ4n) is 5.65. The van der Waals surface area contributed by atoms with E-state index in [1.807, 2.05) is 121 Å². The van der Waals surface area contributed by atoms with Crippen LogP contribution >= 0.6 is 0 Å².